The predicted molar refractivity (Wildman–Crippen MR) is 141 cm³/mol. The third-order valence-electron chi connectivity index (χ3n) is 11.2. The van der Waals surface area contributed by atoms with Crippen LogP contribution >= 0.6 is 0 Å². The normalized spacial score (nSPS) is 41.0. The summed E-state index contributed by atoms with van der Waals surface area (Å²) in [7, 11) is 0. The summed E-state index contributed by atoms with van der Waals surface area (Å²) in [5.41, 5.74) is 0.932. The molecule has 4 rings (SSSR count). The van der Waals surface area contributed by atoms with Crippen molar-refractivity contribution in [2.24, 2.45) is 46.3 Å². The molecule has 2 saturated carbocycles. The molecule has 2 fully saturated rings. The minimum absolute atomic E-state index is 0.0415. The molecule has 206 valence electrons. The lowest BCUT2D eigenvalue weighted by atomic mass is 9.47. The van der Waals surface area contributed by atoms with Crippen molar-refractivity contribution in [1.29, 1.82) is 0 Å². The quantitative estimate of drug-likeness (QED) is 0.373. The minimum Gasteiger partial charge on any atom is -0.466 e. The van der Waals surface area contributed by atoms with Gasteiger partial charge in [0.25, 0.3) is 0 Å². The van der Waals surface area contributed by atoms with Crippen LogP contribution in [-0.2, 0) is 19.1 Å². The van der Waals surface area contributed by atoms with Gasteiger partial charge in [-0.25, -0.2) is 0 Å². The Morgan fingerprint density at radius 1 is 1.16 bits per heavy atom. The third-order valence-corrected chi connectivity index (χ3v) is 11.2. The van der Waals surface area contributed by atoms with Gasteiger partial charge in [-0.15, -0.1) is 0 Å². The Bertz CT molecular complexity index is 1010. The van der Waals surface area contributed by atoms with Crippen LogP contribution in [0.25, 0.3) is 0 Å². The molecule has 0 bridgehead atoms. The zero-order valence-corrected chi connectivity index (χ0v) is 23.5. The van der Waals surface area contributed by atoms with Crippen LogP contribution in [0.4, 0.5) is 0 Å². The van der Waals surface area contributed by atoms with E-state index in [0.717, 1.165) is 24.8 Å². The molecule has 10 atom stereocenters. The number of ketones is 2. The largest absolute Gasteiger partial charge is 0.466 e. The van der Waals surface area contributed by atoms with Crippen molar-refractivity contribution in [1.82, 2.24) is 0 Å². The number of carbonyl (C=O) groups is 3. The first-order valence-corrected chi connectivity index (χ1v) is 14.3. The second-order valence-electron chi connectivity index (χ2n) is 12.9. The van der Waals surface area contributed by atoms with Gasteiger partial charge < -0.3 is 14.9 Å². The molecule has 0 heterocycles. The third kappa shape index (κ3) is 4.27. The molecule has 6 nitrogen and oxygen atoms in total. The minimum atomic E-state index is -1.14. The van der Waals surface area contributed by atoms with Crippen molar-refractivity contribution in [2.45, 2.75) is 98.7 Å². The summed E-state index contributed by atoms with van der Waals surface area (Å²) in [6.45, 7) is 16.3. The molecule has 6 heteroatoms. The summed E-state index contributed by atoms with van der Waals surface area (Å²) in [6, 6.07) is 0. The Labute approximate surface area is 221 Å². The summed E-state index contributed by atoms with van der Waals surface area (Å²) in [5.74, 6) is -0.831. The number of aliphatic hydroxyl groups excluding tert-OH is 2. The Morgan fingerprint density at radius 2 is 1.84 bits per heavy atom. The maximum atomic E-state index is 14.0. The van der Waals surface area contributed by atoms with E-state index >= 15 is 0 Å². The molecule has 0 amide bonds. The summed E-state index contributed by atoms with van der Waals surface area (Å²) in [4.78, 5) is 39.8. The fourth-order valence-electron chi connectivity index (χ4n) is 8.66. The van der Waals surface area contributed by atoms with Crippen molar-refractivity contribution in [2.75, 3.05) is 6.61 Å². The van der Waals surface area contributed by atoms with Gasteiger partial charge in [0.2, 0.25) is 0 Å². The number of fused-ring (bicyclic) bond motifs is 4. The van der Waals surface area contributed by atoms with Crippen LogP contribution in [0.2, 0.25) is 0 Å². The van der Waals surface area contributed by atoms with E-state index in [1.54, 1.807) is 6.92 Å². The molecular weight excluding hydrogens is 468 g/mol. The standard InChI is InChI=1S/C31H46O6/c1-8-37-29(36)18(4)16(2)9-10-17(3)20-11-12-21-25-24(33)15-22-19(5)23(32)13-14-30(22,6)26(25)27(34)28(35)31(20,21)7/h17-23,28,32,35H,2,8-15H2,1,3-7H3. The molecule has 10 unspecified atom stereocenters. The second-order valence-corrected chi connectivity index (χ2v) is 12.9. The Kier molecular flexibility index (Phi) is 7.68. The molecule has 0 aromatic rings. The molecule has 4 aliphatic carbocycles. The number of esters is 1. The molecule has 0 saturated heterocycles. The van der Waals surface area contributed by atoms with E-state index in [4.69, 9.17) is 4.74 Å². The monoisotopic (exact) mass is 514 g/mol. The van der Waals surface area contributed by atoms with E-state index < -0.39 is 23.0 Å². The van der Waals surface area contributed by atoms with Gasteiger partial charge in [0.1, 0.15) is 6.10 Å². The number of carbonyl (C=O) groups excluding carboxylic acids is 3. The van der Waals surface area contributed by atoms with E-state index in [2.05, 4.69) is 20.4 Å². The van der Waals surface area contributed by atoms with Crippen LogP contribution in [0.15, 0.2) is 23.3 Å². The Morgan fingerprint density at radius 3 is 2.49 bits per heavy atom. The molecule has 0 aliphatic heterocycles. The summed E-state index contributed by atoms with van der Waals surface area (Å²) < 4.78 is 5.14. The number of aliphatic hydroxyl groups is 2. The van der Waals surface area contributed by atoms with Crippen LogP contribution in [0.1, 0.15) is 86.5 Å². The average molecular weight is 515 g/mol. The first-order valence-electron chi connectivity index (χ1n) is 14.3. The highest BCUT2D eigenvalue weighted by Gasteiger charge is 2.65. The molecule has 4 aliphatic rings. The van der Waals surface area contributed by atoms with Crippen LogP contribution in [-0.4, -0.2) is 46.6 Å². The molecular formula is C31H46O6. The van der Waals surface area contributed by atoms with Crippen LogP contribution in [0.5, 0.6) is 0 Å². The van der Waals surface area contributed by atoms with E-state index in [-0.39, 0.29) is 53.0 Å². The number of hydrogen-bond donors (Lipinski definition) is 2. The van der Waals surface area contributed by atoms with Crippen molar-refractivity contribution in [3.8, 4) is 0 Å². The lowest BCUT2D eigenvalue weighted by Gasteiger charge is -2.56. The average Bonchev–Trinajstić information content (AvgIpc) is 3.22. The topological polar surface area (TPSA) is 101 Å². The van der Waals surface area contributed by atoms with E-state index in [0.29, 0.717) is 43.4 Å². The first-order chi connectivity index (χ1) is 17.3. The summed E-state index contributed by atoms with van der Waals surface area (Å²) >= 11 is 0. The lowest BCUT2D eigenvalue weighted by molar-refractivity contribution is -0.146. The maximum Gasteiger partial charge on any atom is 0.312 e. The molecule has 37 heavy (non-hydrogen) atoms. The van der Waals surface area contributed by atoms with E-state index in [9.17, 15) is 24.6 Å². The number of rotatable bonds is 7. The van der Waals surface area contributed by atoms with Gasteiger partial charge in [0.05, 0.1) is 18.6 Å². The van der Waals surface area contributed by atoms with Gasteiger partial charge in [-0.1, -0.05) is 39.8 Å². The Hall–Kier alpha value is -1.79. The van der Waals surface area contributed by atoms with Gasteiger partial charge in [-0.2, -0.15) is 0 Å². The van der Waals surface area contributed by atoms with Gasteiger partial charge in [0.15, 0.2) is 11.6 Å². The SMILES string of the molecule is C=C(CCC(C)C1CCC2C3=C(C(=O)C(O)C21C)C1(C)CCC(O)C(C)C1CC3=O)C(C)C(=O)OCC. The number of ether oxygens (including phenoxy) is 1. The fourth-order valence-corrected chi connectivity index (χ4v) is 8.66. The highest BCUT2D eigenvalue weighted by atomic mass is 16.5. The summed E-state index contributed by atoms with van der Waals surface area (Å²) in [5, 5.41) is 22.2. The fraction of sp³-hybridized carbons (Fsp3) is 0.774. The number of allylic oxidation sites excluding steroid dienone is 1. The zero-order chi connectivity index (χ0) is 27.4. The maximum absolute atomic E-state index is 14.0. The van der Waals surface area contributed by atoms with E-state index in [1.807, 2.05) is 20.8 Å². The number of Topliss-reactive ketones (excluding diaryl/α,β-unsaturated/α-hetero) is 2. The highest BCUT2D eigenvalue weighted by molar-refractivity contribution is 6.12. The van der Waals surface area contributed by atoms with Gasteiger partial charge in [0, 0.05) is 28.4 Å². The first kappa shape index (κ1) is 28.2. The highest BCUT2D eigenvalue weighted by Crippen LogP contribution is 2.65. The molecule has 0 radical (unpaired) electrons. The van der Waals surface area contributed by atoms with E-state index in [1.165, 1.54) is 0 Å². The summed E-state index contributed by atoms with van der Waals surface area (Å²) in [6.07, 6.45) is 3.16. The van der Waals surface area contributed by atoms with Gasteiger partial charge >= 0.3 is 5.97 Å². The smallest absolute Gasteiger partial charge is 0.312 e. The zero-order valence-electron chi connectivity index (χ0n) is 23.5. The van der Waals surface area contributed by atoms with Crippen molar-refractivity contribution in [3.05, 3.63) is 23.3 Å². The lowest BCUT2D eigenvalue weighted by Crippen LogP contribution is -2.58. The molecule has 0 aromatic carbocycles. The predicted octanol–water partition coefficient (Wildman–Crippen LogP) is 4.82. The second kappa shape index (κ2) is 10.1. The van der Waals surface area contributed by atoms with Gasteiger partial charge in [-0.05, 0) is 82.0 Å². The van der Waals surface area contributed by atoms with Crippen LogP contribution < -0.4 is 0 Å². The van der Waals surface area contributed by atoms with Crippen molar-refractivity contribution in [3.63, 3.8) is 0 Å². The van der Waals surface area contributed by atoms with Crippen molar-refractivity contribution < 1.29 is 29.3 Å². The molecule has 0 aromatic heterocycles. The van der Waals surface area contributed by atoms with Gasteiger partial charge in [-0.3, -0.25) is 14.4 Å². The van der Waals surface area contributed by atoms with Crippen LogP contribution in [0.3, 0.4) is 0 Å². The van der Waals surface area contributed by atoms with Crippen molar-refractivity contribution >= 4 is 17.5 Å². The van der Waals surface area contributed by atoms with Crippen LogP contribution in [0, 0.1) is 46.3 Å². The molecule has 0 spiro atoms. The Balaban J connectivity index is 1.60. The number of hydrogen-bond acceptors (Lipinski definition) is 6. The molecule has 2 N–H and O–H groups in total.